The van der Waals surface area contributed by atoms with Crippen LogP contribution < -0.4 is 0 Å². The van der Waals surface area contributed by atoms with Crippen LogP contribution in [0.15, 0.2) is 0 Å². The van der Waals surface area contributed by atoms with Crippen LogP contribution in [0.4, 0.5) is 83.4 Å². The Bertz CT molecular complexity index is 679. The first-order chi connectivity index (χ1) is 14.7. The summed E-state index contributed by atoms with van der Waals surface area (Å²) in [7, 11) is 0. The molecule has 0 N–H and O–H groups in total. The molecule has 0 rings (SSSR count). The molecule has 1 radical (unpaired) electrons. The van der Waals surface area contributed by atoms with Crippen LogP contribution in [0, 0.1) is 6.43 Å². The Kier molecular flexibility index (Phi) is 8.91. The second kappa shape index (κ2) is 9.28. The molecule has 205 valence electrons. The molecule has 0 amide bonds. The van der Waals surface area contributed by atoms with Crippen LogP contribution in [0.3, 0.4) is 0 Å². The first-order valence-electron chi connectivity index (χ1n) is 8.52. The molecule has 1 unspecified atom stereocenters. The van der Waals surface area contributed by atoms with Gasteiger partial charge >= 0.3 is 53.8 Å². The summed E-state index contributed by atoms with van der Waals surface area (Å²) in [6.45, 7) is 1.32. The van der Waals surface area contributed by atoms with Crippen molar-refractivity contribution in [3.8, 4) is 0 Å². The number of unbranched alkanes of at least 4 members (excludes halogenated alkanes) is 2. The van der Waals surface area contributed by atoms with Gasteiger partial charge in [-0.2, -0.15) is 79.0 Å². The fourth-order valence-electron chi connectivity index (χ4n) is 2.27. The van der Waals surface area contributed by atoms with E-state index in [2.05, 4.69) is 0 Å². The quantitative estimate of drug-likeness (QED) is 0.159. The minimum absolute atomic E-state index is 0.0694. The second-order valence-corrected chi connectivity index (χ2v) is 6.87. The van der Waals surface area contributed by atoms with Gasteiger partial charge in [-0.05, 0) is 6.42 Å². The highest BCUT2D eigenvalue weighted by atomic mass is 19.4. The summed E-state index contributed by atoms with van der Waals surface area (Å²) in [5, 5.41) is 0. The third-order valence-electron chi connectivity index (χ3n) is 4.48. The first-order valence-corrected chi connectivity index (χ1v) is 8.52. The molecule has 0 aromatic heterocycles. The highest BCUT2D eigenvalue weighted by Crippen LogP contribution is 2.65. The molecule has 19 heteroatoms. The van der Waals surface area contributed by atoms with Crippen molar-refractivity contribution in [3.05, 3.63) is 6.43 Å². The predicted octanol–water partition coefficient (Wildman–Crippen LogP) is 8.42. The van der Waals surface area contributed by atoms with E-state index < -0.39 is 72.8 Å². The van der Waals surface area contributed by atoms with Gasteiger partial charge in [-0.15, -0.1) is 0 Å². The summed E-state index contributed by atoms with van der Waals surface area (Å²) in [5.41, 5.74) is 0. The van der Waals surface area contributed by atoms with Crippen LogP contribution in [0.2, 0.25) is 0 Å². The van der Waals surface area contributed by atoms with E-state index in [1.807, 2.05) is 0 Å². The SMILES string of the molecule is CCCCCC(F)C(F)(F)C(F)(F)C(F)(F)C(F)(F)C(F)(F)C(F)(F)C(F)(F)C(F)(F)[C](F)F. The minimum Gasteiger partial charge on any atom is -0.241 e. The molecule has 0 aromatic rings. The van der Waals surface area contributed by atoms with E-state index in [9.17, 15) is 83.4 Å². The molecule has 34 heavy (non-hydrogen) atoms. The van der Waals surface area contributed by atoms with Gasteiger partial charge in [-0.1, -0.05) is 26.2 Å². The van der Waals surface area contributed by atoms with E-state index in [4.69, 9.17) is 0 Å². The zero-order valence-corrected chi connectivity index (χ0v) is 16.1. The summed E-state index contributed by atoms with van der Waals surface area (Å²) >= 11 is 0. The van der Waals surface area contributed by atoms with Crippen molar-refractivity contribution in [2.45, 2.75) is 86.2 Å². The normalized spacial score (nSPS) is 16.9. The number of alkyl halides is 17. The molecule has 0 saturated carbocycles. The number of rotatable bonds is 13. The van der Waals surface area contributed by atoms with Crippen LogP contribution >= 0.6 is 0 Å². The molecule has 0 aliphatic rings. The molecule has 0 aromatic carbocycles. The standard InChI is InChI=1S/C15H12F19/c1-2-3-4-5-6(16)8(19,20)10(23,24)12(27,28)14(31,32)15(33,34)13(29,30)11(25,26)9(21,22)7(17)18/h6H,2-5H2,1H3. The third kappa shape index (κ3) is 4.36. The van der Waals surface area contributed by atoms with Crippen molar-refractivity contribution in [3.63, 3.8) is 0 Å². The topological polar surface area (TPSA) is 0 Å². The van der Waals surface area contributed by atoms with Crippen molar-refractivity contribution in [2.75, 3.05) is 0 Å². The lowest BCUT2D eigenvalue weighted by molar-refractivity contribution is -0.456. The van der Waals surface area contributed by atoms with E-state index in [0.717, 1.165) is 0 Å². The van der Waals surface area contributed by atoms with E-state index in [1.54, 1.807) is 0 Å². The Morgan fingerprint density at radius 2 is 0.853 bits per heavy atom. The molecule has 0 nitrogen and oxygen atoms in total. The van der Waals surface area contributed by atoms with E-state index >= 15 is 0 Å². The summed E-state index contributed by atoms with van der Waals surface area (Å²) in [4.78, 5) is 0. The highest BCUT2D eigenvalue weighted by molar-refractivity contribution is 5.17. The van der Waals surface area contributed by atoms with Gasteiger partial charge in [0.25, 0.3) is 0 Å². The fraction of sp³-hybridized carbons (Fsp3) is 0.933. The molecule has 0 bridgehead atoms. The Labute approximate surface area is 177 Å². The first kappa shape index (κ1) is 32.7. The van der Waals surface area contributed by atoms with Crippen LogP contribution in [-0.2, 0) is 0 Å². The molecule has 0 fully saturated rings. The smallest absolute Gasteiger partial charge is 0.241 e. The Morgan fingerprint density at radius 1 is 0.529 bits per heavy atom. The van der Waals surface area contributed by atoms with Gasteiger partial charge in [0.1, 0.15) is 0 Å². The van der Waals surface area contributed by atoms with Gasteiger partial charge in [-0.25, -0.2) is 4.39 Å². The zero-order valence-electron chi connectivity index (χ0n) is 16.1. The maximum Gasteiger partial charge on any atom is 0.385 e. The maximum absolute atomic E-state index is 13.6. The highest BCUT2D eigenvalue weighted by Gasteiger charge is 2.95. The Balaban J connectivity index is 6.65. The van der Waals surface area contributed by atoms with Gasteiger partial charge in [0, 0.05) is 0 Å². The zero-order chi connectivity index (χ0) is 28.0. The molecule has 0 aliphatic heterocycles. The molecular formula is C15H12F19. The third-order valence-corrected chi connectivity index (χ3v) is 4.48. The lowest BCUT2D eigenvalue weighted by Crippen LogP contribution is -2.75. The number of halogens is 19. The van der Waals surface area contributed by atoms with Crippen LogP contribution in [0.1, 0.15) is 32.6 Å². The van der Waals surface area contributed by atoms with Gasteiger partial charge in [0.2, 0.25) is 0 Å². The van der Waals surface area contributed by atoms with E-state index in [1.165, 1.54) is 6.92 Å². The monoisotopic (exact) mass is 553 g/mol. The van der Waals surface area contributed by atoms with E-state index in [0.29, 0.717) is 0 Å². The van der Waals surface area contributed by atoms with Crippen molar-refractivity contribution in [1.82, 2.24) is 0 Å². The number of hydrogen-bond donors (Lipinski definition) is 0. The summed E-state index contributed by atoms with van der Waals surface area (Å²) in [6, 6.07) is 0. The van der Waals surface area contributed by atoms with Crippen molar-refractivity contribution in [1.29, 1.82) is 0 Å². The lowest BCUT2D eigenvalue weighted by Gasteiger charge is -2.43. The van der Waals surface area contributed by atoms with Gasteiger partial charge in [0.15, 0.2) is 6.17 Å². The lowest BCUT2D eigenvalue weighted by atomic mass is 9.86. The summed E-state index contributed by atoms with van der Waals surface area (Å²) in [6.07, 6.45) is -12.3. The van der Waals surface area contributed by atoms with Crippen LogP contribution in [-0.4, -0.2) is 53.6 Å². The predicted molar refractivity (Wildman–Crippen MR) is 74.1 cm³/mol. The Morgan fingerprint density at radius 3 is 1.18 bits per heavy atom. The molecule has 0 spiro atoms. The molecular weight excluding hydrogens is 541 g/mol. The van der Waals surface area contributed by atoms with E-state index in [-0.39, 0.29) is 12.8 Å². The van der Waals surface area contributed by atoms with Crippen molar-refractivity contribution >= 4 is 0 Å². The molecule has 1 atom stereocenters. The molecule has 0 heterocycles. The van der Waals surface area contributed by atoms with Crippen molar-refractivity contribution < 1.29 is 83.4 Å². The minimum atomic E-state index is -8.82. The maximum atomic E-state index is 13.6. The average Bonchev–Trinajstić information content (AvgIpc) is 2.66. The largest absolute Gasteiger partial charge is 0.385 e. The second-order valence-electron chi connectivity index (χ2n) is 6.87. The number of hydrogen-bond acceptors (Lipinski definition) is 0. The Hall–Kier alpha value is -1.33. The fourth-order valence-corrected chi connectivity index (χ4v) is 2.27. The molecule has 0 aliphatic carbocycles. The van der Waals surface area contributed by atoms with Crippen molar-refractivity contribution in [2.24, 2.45) is 0 Å². The summed E-state index contributed by atoms with van der Waals surface area (Å²) < 4.78 is 250. The van der Waals surface area contributed by atoms with Crippen LogP contribution in [0.5, 0.6) is 0 Å². The van der Waals surface area contributed by atoms with Gasteiger partial charge in [-0.3, -0.25) is 0 Å². The summed E-state index contributed by atoms with van der Waals surface area (Å²) in [5.74, 6) is -65.9. The van der Waals surface area contributed by atoms with Gasteiger partial charge in [0.05, 0.1) is 0 Å². The average molecular weight is 553 g/mol. The van der Waals surface area contributed by atoms with Gasteiger partial charge < -0.3 is 0 Å². The molecule has 0 saturated heterocycles. The van der Waals surface area contributed by atoms with Crippen LogP contribution in [0.25, 0.3) is 0 Å².